The van der Waals surface area contributed by atoms with Gasteiger partial charge in [0.2, 0.25) is 0 Å². The monoisotopic (exact) mass is 373 g/mol. The molecule has 0 atom stereocenters. The van der Waals surface area contributed by atoms with E-state index in [4.69, 9.17) is 0 Å². The minimum absolute atomic E-state index is 0.0442. The van der Waals surface area contributed by atoms with Crippen LogP contribution in [0.25, 0.3) is 16.6 Å². The minimum atomic E-state index is -0.0442. The van der Waals surface area contributed by atoms with E-state index in [1.165, 1.54) is 5.56 Å². The Morgan fingerprint density at radius 2 is 1.63 bits per heavy atom. The number of aryl methyl sites for hydroxylation is 1. The lowest BCUT2D eigenvalue weighted by Crippen LogP contribution is -2.22. The molecule has 4 nitrogen and oxygen atoms in total. The Balaban J connectivity index is 1.54. The Hall–Kier alpha value is -3.05. The molecule has 3 aromatic carbocycles. The number of benzene rings is 3. The lowest BCUT2D eigenvalue weighted by molar-refractivity contribution is 0.895. The normalized spacial score (nSPS) is 10.9. The summed E-state index contributed by atoms with van der Waals surface area (Å²) < 4.78 is 5.00. The van der Waals surface area contributed by atoms with Gasteiger partial charge in [-0.25, -0.2) is 4.98 Å². The van der Waals surface area contributed by atoms with E-state index in [0.717, 1.165) is 22.6 Å². The van der Waals surface area contributed by atoms with E-state index >= 15 is 0 Å². The first kappa shape index (κ1) is 17.4. The molecule has 1 heterocycles. The largest absolute Gasteiger partial charge is 0.329 e. The second kappa shape index (κ2) is 7.68. The third kappa shape index (κ3) is 3.73. The maximum Gasteiger partial charge on any atom is 0.265 e. The van der Waals surface area contributed by atoms with E-state index in [0.29, 0.717) is 11.2 Å². The maximum atomic E-state index is 12.9. The van der Waals surface area contributed by atoms with Crippen molar-refractivity contribution < 1.29 is 0 Å². The van der Waals surface area contributed by atoms with Crippen LogP contribution < -0.4 is 10.3 Å². The summed E-state index contributed by atoms with van der Waals surface area (Å²) in [6.45, 7) is 1.86. The fourth-order valence-electron chi connectivity index (χ4n) is 3.00. The molecule has 0 amide bonds. The van der Waals surface area contributed by atoms with Crippen molar-refractivity contribution in [2.24, 2.45) is 0 Å². The summed E-state index contributed by atoms with van der Waals surface area (Å²) in [7, 11) is 0. The van der Waals surface area contributed by atoms with E-state index in [-0.39, 0.29) is 5.56 Å². The molecule has 0 saturated heterocycles. The van der Waals surface area contributed by atoms with Crippen LogP contribution in [0, 0.1) is 6.92 Å². The fraction of sp³-hybridized carbons (Fsp3) is 0.0909. The Morgan fingerprint density at radius 3 is 2.41 bits per heavy atom. The number of anilines is 1. The Morgan fingerprint density at radius 1 is 0.926 bits per heavy atom. The Kier molecular flexibility index (Phi) is 4.94. The van der Waals surface area contributed by atoms with Crippen molar-refractivity contribution in [3.63, 3.8) is 0 Å². The maximum absolute atomic E-state index is 12.9. The predicted molar refractivity (Wildman–Crippen MR) is 113 cm³/mol. The summed E-state index contributed by atoms with van der Waals surface area (Å²) in [5, 5.41) is 0.628. The number of nitrogens with one attached hydrogen (secondary N) is 1. The zero-order valence-corrected chi connectivity index (χ0v) is 15.7. The third-order valence-corrected chi connectivity index (χ3v) is 5.20. The number of hydrogen-bond acceptors (Lipinski definition) is 4. The number of fused-ring (bicyclic) bond motifs is 1. The van der Waals surface area contributed by atoms with Crippen molar-refractivity contribution in [1.82, 2.24) is 9.55 Å². The van der Waals surface area contributed by atoms with Gasteiger partial charge in [-0.1, -0.05) is 42.5 Å². The highest BCUT2D eigenvalue weighted by Gasteiger charge is 2.09. The molecule has 134 valence electrons. The number of nitrogens with zero attached hydrogens (tertiary/aromatic N) is 2. The predicted octanol–water partition coefficient (Wildman–Crippen LogP) is 4.95. The van der Waals surface area contributed by atoms with Gasteiger partial charge in [-0.2, -0.15) is 0 Å². The lowest BCUT2D eigenvalue weighted by atomic mass is 10.2. The molecule has 4 rings (SSSR count). The van der Waals surface area contributed by atoms with Crippen molar-refractivity contribution in [3.05, 3.63) is 101 Å². The van der Waals surface area contributed by atoms with Crippen molar-refractivity contribution >= 4 is 28.5 Å². The van der Waals surface area contributed by atoms with Crippen molar-refractivity contribution in [3.8, 4) is 5.69 Å². The molecule has 1 N–H and O–H groups in total. The van der Waals surface area contributed by atoms with Gasteiger partial charge in [0.1, 0.15) is 5.82 Å². The zero-order chi connectivity index (χ0) is 18.6. The molecule has 27 heavy (non-hydrogen) atoms. The summed E-state index contributed by atoms with van der Waals surface area (Å²) >= 11 is 1.64. The van der Waals surface area contributed by atoms with Crippen LogP contribution in [0.2, 0.25) is 0 Å². The van der Waals surface area contributed by atoms with Crippen LogP contribution in [0.4, 0.5) is 5.69 Å². The lowest BCUT2D eigenvalue weighted by Gasteiger charge is -2.12. The molecular weight excluding hydrogens is 354 g/mol. The Bertz CT molecular complexity index is 1120. The molecule has 0 saturated carbocycles. The summed E-state index contributed by atoms with van der Waals surface area (Å²) in [5.41, 5.74) is 3.77. The molecule has 5 heteroatoms. The van der Waals surface area contributed by atoms with E-state index in [2.05, 4.69) is 21.8 Å². The summed E-state index contributed by atoms with van der Waals surface area (Å²) in [6, 6.07) is 25.6. The standard InChI is InChI=1S/C22H19N3OS/c1-16-23-21-10-6-5-9-20(21)22(26)25(16)19-13-11-18(12-14-19)24-27-15-17-7-3-2-4-8-17/h2-14,24H,15H2,1H3. The van der Waals surface area contributed by atoms with Crippen LogP contribution in [0.1, 0.15) is 11.4 Å². The van der Waals surface area contributed by atoms with Gasteiger partial charge in [0.05, 0.1) is 16.6 Å². The average molecular weight is 373 g/mol. The molecule has 0 unspecified atom stereocenters. The smallest absolute Gasteiger partial charge is 0.265 e. The van der Waals surface area contributed by atoms with Crippen LogP contribution in [-0.2, 0) is 5.75 Å². The SMILES string of the molecule is Cc1nc2ccccc2c(=O)n1-c1ccc(NSCc2ccccc2)cc1. The van der Waals surface area contributed by atoms with Gasteiger partial charge in [-0.15, -0.1) is 0 Å². The third-order valence-electron chi connectivity index (χ3n) is 4.34. The van der Waals surface area contributed by atoms with E-state index in [9.17, 15) is 4.79 Å². The van der Waals surface area contributed by atoms with Gasteiger partial charge in [0.15, 0.2) is 0 Å². The first-order valence-electron chi connectivity index (χ1n) is 8.73. The molecule has 0 bridgehead atoms. The van der Waals surface area contributed by atoms with Gasteiger partial charge in [-0.05, 0) is 60.8 Å². The molecule has 1 aromatic heterocycles. The highest BCUT2D eigenvalue weighted by molar-refractivity contribution is 7.99. The summed E-state index contributed by atoms with van der Waals surface area (Å²) in [4.78, 5) is 17.4. The number of rotatable bonds is 5. The van der Waals surface area contributed by atoms with Gasteiger partial charge >= 0.3 is 0 Å². The first-order valence-corrected chi connectivity index (χ1v) is 9.71. The molecule has 0 aliphatic heterocycles. The second-order valence-corrected chi connectivity index (χ2v) is 7.02. The molecule has 0 aliphatic carbocycles. The molecular formula is C22H19N3OS. The quantitative estimate of drug-likeness (QED) is 0.503. The van der Waals surface area contributed by atoms with Gasteiger partial charge < -0.3 is 4.72 Å². The highest BCUT2D eigenvalue weighted by atomic mass is 32.2. The van der Waals surface area contributed by atoms with Crippen molar-refractivity contribution in [2.45, 2.75) is 12.7 Å². The van der Waals surface area contributed by atoms with Crippen LogP contribution >= 0.6 is 11.9 Å². The number of aromatic nitrogens is 2. The molecule has 0 fully saturated rings. The number of para-hydroxylation sites is 1. The molecule has 4 aromatic rings. The van der Waals surface area contributed by atoms with Gasteiger partial charge in [-0.3, -0.25) is 9.36 Å². The number of hydrogen-bond donors (Lipinski definition) is 1. The van der Waals surface area contributed by atoms with E-state index < -0.39 is 0 Å². The van der Waals surface area contributed by atoms with Gasteiger partial charge in [0, 0.05) is 11.4 Å². The van der Waals surface area contributed by atoms with E-state index in [1.54, 1.807) is 16.5 Å². The minimum Gasteiger partial charge on any atom is -0.329 e. The first-order chi connectivity index (χ1) is 13.2. The molecule has 0 radical (unpaired) electrons. The second-order valence-electron chi connectivity index (χ2n) is 6.24. The van der Waals surface area contributed by atoms with Crippen LogP contribution in [-0.4, -0.2) is 9.55 Å². The van der Waals surface area contributed by atoms with Crippen molar-refractivity contribution in [1.29, 1.82) is 0 Å². The van der Waals surface area contributed by atoms with E-state index in [1.807, 2.05) is 73.7 Å². The average Bonchev–Trinajstić information content (AvgIpc) is 2.70. The zero-order valence-electron chi connectivity index (χ0n) is 14.9. The molecule has 0 aliphatic rings. The van der Waals surface area contributed by atoms with Crippen LogP contribution in [0.3, 0.4) is 0 Å². The van der Waals surface area contributed by atoms with Crippen molar-refractivity contribution in [2.75, 3.05) is 4.72 Å². The highest BCUT2D eigenvalue weighted by Crippen LogP contribution is 2.19. The topological polar surface area (TPSA) is 46.9 Å². The summed E-state index contributed by atoms with van der Waals surface area (Å²) in [5.74, 6) is 1.56. The van der Waals surface area contributed by atoms with Crippen LogP contribution in [0.15, 0.2) is 83.7 Å². The van der Waals surface area contributed by atoms with Crippen LogP contribution in [0.5, 0.6) is 0 Å². The Labute approximate surface area is 162 Å². The summed E-state index contributed by atoms with van der Waals surface area (Å²) in [6.07, 6.45) is 0. The molecule has 0 spiro atoms. The van der Waals surface area contributed by atoms with Gasteiger partial charge in [0.25, 0.3) is 5.56 Å². The fourth-order valence-corrected chi connectivity index (χ4v) is 3.74.